The zero-order valence-electron chi connectivity index (χ0n) is 9.93. The second-order valence-electron chi connectivity index (χ2n) is 4.59. The number of amides is 1. The Morgan fingerprint density at radius 2 is 2.39 bits per heavy atom. The predicted octanol–water partition coefficient (Wildman–Crippen LogP) is 1.99. The molecule has 0 saturated heterocycles. The zero-order chi connectivity index (χ0) is 12.5. The number of hydrogen-bond donors (Lipinski definition) is 2. The summed E-state index contributed by atoms with van der Waals surface area (Å²) in [4.78, 5) is 17.1. The van der Waals surface area contributed by atoms with Gasteiger partial charge < -0.3 is 20.0 Å². The first kappa shape index (κ1) is 11.0. The largest absolute Gasteiger partial charge is 0.467 e. The molecule has 0 bridgehead atoms. The van der Waals surface area contributed by atoms with E-state index in [0.29, 0.717) is 24.0 Å². The lowest BCUT2D eigenvalue weighted by Crippen LogP contribution is -2.32. The van der Waals surface area contributed by atoms with Crippen molar-refractivity contribution in [2.75, 3.05) is 5.73 Å². The van der Waals surface area contributed by atoms with Gasteiger partial charge in [-0.1, -0.05) is 0 Å². The molecule has 1 saturated carbocycles. The van der Waals surface area contributed by atoms with Crippen LogP contribution < -0.4 is 5.73 Å². The molecule has 0 spiro atoms. The van der Waals surface area contributed by atoms with Crippen LogP contribution in [0.25, 0.3) is 0 Å². The third kappa shape index (κ3) is 2.11. The van der Waals surface area contributed by atoms with Gasteiger partial charge in [0.15, 0.2) is 0 Å². The van der Waals surface area contributed by atoms with Gasteiger partial charge in [-0.25, -0.2) is 0 Å². The lowest BCUT2D eigenvalue weighted by atomic mass is 10.3. The van der Waals surface area contributed by atoms with Gasteiger partial charge in [0, 0.05) is 17.9 Å². The van der Waals surface area contributed by atoms with Crippen molar-refractivity contribution in [2.45, 2.75) is 25.4 Å². The molecule has 1 aliphatic carbocycles. The maximum Gasteiger partial charge on any atom is 0.271 e. The molecular weight excluding hydrogens is 230 g/mol. The Labute approximate surface area is 105 Å². The molecule has 0 aromatic carbocycles. The van der Waals surface area contributed by atoms with E-state index in [1.807, 2.05) is 17.0 Å². The van der Waals surface area contributed by atoms with Crippen molar-refractivity contribution in [3.8, 4) is 0 Å². The van der Waals surface area contributed by atoms with E-state index in [2.05, 4.69) is 4.98 Å². The minimum absolute atomic E-state index is 0.0226. The van der Waals surface area contributed by atoms with Crippen molar-refractivity contribution in [1.29, 1.82) is 0 Å². The van der Waals surface area contributed by atoms with Crippen LogP contribution in [0.2, 0.25) is 0 Å². The molecule has 1 fully saturated rings. The second-order valence-corrected chi connectivity index (χ2v) is 4.59. The molecule has 0 unspecified atom stereocenters. The molecule has 1 aliphatic rings. The van der Waals surface area contributed by atoms with Crippen LogP contribution in [0.15, 0.2) is 35.1 Å². The molecular formula is C13H15N3O2. The van der Waals surface area contributed by atoms with Crippen LogP contribution in [-0.2, 0) is 6.54 Å². The van der Waals surface area contributed by atoms with Gasteiger partial charge in [-0.2, -0.15) is 0 Å². The topological polar surface area (TPSA) is 75.3 Å². The lowest BCUT2D eigenvalue weighted by Gasteiger charge is -2.20. The summed E-state index contributed by atoms with van der Waals surface area (Å²) >= 11 is 0. The van der Waals surface area contributed by atoms with Crippen LogP contribution in [0.5, 0.6) is 0 Å². The summed E-state index contributed by atoms with van der Waals surface area (Å²) in [6, 6.07) is 5.70. The van der Waals surface area contributed by atoms with Gasteiger partial charge in [0.2, 0.25) is 0 Å². The fourth-order valence-corrected chi connectivity index (χ4v) is 2.01. The number of furan rings is 1. The third-order valence-electron chi connectivity index (χ3n) is 3.09. The van der Waals surface area contributed by atoms with Crippen LogP contribution in [0.3, 0.4) is 0 Å². The molecule has 18 heavy (non-hydrogen) atoms. The number of anilines is 1. The first-order chi connectivity index (χ1) is 8.74. The van der Waals surface area contributed by atoms with E-state index in [4.69, 9.17) is 10.2 Å². The maximum absolute atomic E-state index is 12.4. The Hall–Kier alpha value is -2.17. The number of carbonyl (C=O) groups excluding carboxylic acids is 1. The molecule has 0 aliphatic heterocycles. The fourth-order valence-electron chi connectivity index (χ4n) is 2.01. The summed E-state index contributed by atoms with van der Waals surface area (Å²) in [6.45, 7) is 0.509. The molecule has 2 aromatic rings. The van der Waals surface area contributed by atoms with Crippen LogP contribution in [0.4, 0.5) is 5.69 Å². The Morgan fingerprint density at radius 3 is 2.94 bits per heavy atom. The van der Waals surface area contributed by atoms with E-state index in [-0.39, 0.29) is 5.91 Å². The van der Waals surface area contributed by atoms with Crippen molar-refractivity contribution in [3.63, 3.8) is 0 Å². The van der Waals surface area contributed by atoms with E-state index in [1.165, 1.54) is 0 Å². The SMILES string of the molecule is Nc1c[nH]c(C(=O)N(Cc2ccco2)C2CC2)c1. The normalized spacial score (nSPS) is 14.7. The van der Waals surface area contributed by atoms with Gasteiger partial charge in [-0.3, -0.25) is 4.79 Å². The molecule has 0 radical (unpaired) electrons. The fraction of sp³-hybridized carbons (Fsp3) is 0.308. The van der Waals surface area contributed by atoms with E-state index >= 15 is 0 Å². The van der Waals surface area contributed by atoms with Gasteiger partial charge >= 0.3 is 0 Å². The van der Waals surface area contributed by atoms with E-state index in [0.717, 1.165) is 18.6 Å². The number of nitrogens with one attached hydrogen (secondary N) is 1. The van der Waals surface area contributed by atoms with Crippen LogP contribution in [-0.4, -0.2) is 21.8 Å². The van der Waals surface area contributed by atoms with E-state index in [9.17, 15) is 4.79 Å². The van der Waals surface area contributed by atoms with Crippen molar-refractivity contribution in [1.82, 2.24) is 9.88 Å². The molecule has 5 nitrogen and oxygen atoms in total. The summed E-state index contributed by atoms with van der Waals surface area (Å²) < 4.78 is 5.30. The number of nitrogens with two attached hydrogens (primary N) is 1. The molecule has 0 atom stereocenters. The van der Waals surface area contributed by atoms with Crippen LogP contribution in [0.1, 0.15) is 29.1 Å². The summed E-state index contributed by atoms with van der Waals surface area (Å²) in [6.07, 6.45) is 5.37. The monoisotopic (exact) mass is 245 g/mol. The number of aromatic amines is 1. The van der Waals surface area contributed by atoms with Crippen molar-refractivity contribution < 1.29 is 9.21 Å². The summed E-state index contributed by atoms with van der Waals surface area (Å²) in [5.41, 5.74) is 6.73. The smallest absolute Gasteiger partial charge is 0.271 e. The number of aromatic nitrogens is 1. The highest BCUT2D eigenvalue weighted by atomic mass is 16.3. The lowest BCUT2D eigenvalue weighted by molar-refractivity contribution is 0.0712. The maximum atomic E-state index is 12.4. The number of H-pyrrole nitrogens is 1. The number of hydrogen-bond acceptors (Lipinski definition) is 3. The highest BCUT2D eigenvalue weighted by Crippen LogP contribution is 2.29. The standard InChI is InChI=1S/C13H15N3O2/c14-9-6-12(15-7-9)13(17)16(10-3-4-10)8-11-2-1-5-18-11/h1-2,5-7,10,15H,3-4,8,14H2. The predicted molar refractivity (Wildman–Crippen MR) is 66.8 cm³/mol. The Morgan fingerprint density at radius 1 is 1.56 bits per heavy atom. The van der Waals surface area contributed by atoms with Crippen molar-refractivity contribution >= 4 is 11.6 Å². The van der Waals surface area contributed by atoms with E-state index in [1.54, 1.807) is 18.5 Å². The zero-order valence-corrected chi connectivity index (χ0v) is 9.93. The van der Waals surface area contributed by atoms with E-state index < -0.39 is 0 Å². The minimum Gasteiger partial charge on any atom is -0.467 e. The summed E-state index contributed by atoms with van der Waals surface area (Å²) in [5.74, 6) is 0.778. The van der Waals surface area contributed by atoms with Crippen LogP contribution >= 0.6 is 0 Å². The van der Waals surface area contributed by atoms with Crippen LogP contribution in [0, 0.1) is 0 Å². The molecule has 1 amide bonds. The average molecular weight is 245 g/mol. The molecule has 2 aromatic heterocycles. The molecule has 5 heteroatoms. The van der Waals surface area contributed by atoms with Crippen molar-refractivity contribution in [2.24, 2.45) is 0 Å². The van der Waals surface area contributed by atoms with Gasteiger partial charge in [-0.05, 0) is 31.0 Å². The summed E-state index contributed by atoms with van der Waals surface area (Å²) in [7, 11) is 0. The Bertz CT molecular complexity index is 540. The summed E-state index contributed by atoms with van der Waals surface area (Å²) in [5, 5.41) is 0. The first-order valence-electron chi connectivity index (χ1n) is 6.01. The quantitative estimate of drug-likeness (QED) is 0.865. The molecule has 3 N–H and O–H groups in total. The van der Waals surface area contributed by atoms with Gasteiger partial charge in [0.05, 0.1) is 12.8 Å². The second kappa shape index (κ2) is 4.25. The third-order valence-corrected chi connectivity index (χ3v) is 3.09. The number of carbonyl (C=O) groups is 1. The van der Waals surface area contributed by atoms with Gasteiger partial charge in [0.25, 0.3) is 5.91 Å². The van der Waals surface area contributed by atoms with Crippen molar-refractivity contribution in [3.05, 3.63) is 42.1 Å². The molecule has 2 heterocycles. The number of rotatable bonds is 4. The average Bonchev–Trinajstić information content (AvgIpc) is 2.88. The molecule has 94 valence electrons. The Balaban J connectivity index is 1.79. The molecule has 3 rings (SSSR count). The highest BCUT2D eigenvalue weighted by Gasteiger charge is 2.34. The van der Waals surface area contributed by atoms with Gasteiger partial charge in [0.1, 0.15) is 11.5 Å². The van der Waals surface area contributed by atoms with Gasteiger partial charge in [-0.15, -0.1) is 0 Å². The first-order valence-corrected chi connectivity index (χ1v) is 6.01. The Kier molecular flexibility index (Phi) is 2.59. The number of nitrogen functional groups attached to an aromatic ring is 1. The minimum atomic E-state index is -0.0226. The number of nitrogens with zero attached hydrogens (tertiary/aromatic N) is 1. The highest BCUT2D eigenvalue weighted by molar-refractivity contribution is 5.93.